The molecule has 0 saturated carbocycles. The number of carbonyl (C=O) groups is 1. The number of hydrogen-bond acceptors (Lipinski definition) is 3. The van der Waals surface area contributed by atoms with Gasteiger partial charge in [0, 0.05) is 17.9 Å². The monoisotopic (exact) mass is 258 g/mol. The second-order valence-electron chi connectivity index (χ2n) is 4.49. The van der Waals surface area contributed by atoms with Crippen molar-refractivity contribution >= 4 is 17.4 Å². The summed E-state index contributed by atoms with van der Waals surface area (Å²) in [5, 5.41) is 6.60. The third-order valence-electron chi connectivity index (χ3n) is 3.10. The molecule has 100 valence electrons. The molecule has 0 bridgehead atoms. The van der Waals surface area contributed by atoms with Crippen LogP contribution in [0.3, 0.4) is 0 Å². The van der Waals surface area contributed by atoms with Crippen LogP contribution in [0.25, 0.3) is 0 Å². The first-order chi connectivity index (χ1) is 9.04. The molecule has 0 radical (unpaired) electrons. The maximum Gasteiger partial charge on any atom is 0.263 e. The van der Waals surface area contributed by atoms with Gasteiger partial charge in [0.05, 0.1) is 0 Å². The average molecular weight is 258 g/mol. The molecule has 0 aliphatic rings. The van der Waals surface area contributed by atoms with Crippen molar-refractivity contribution in [2.75, 3.05) is 17.2 Å². The largest absolute Gasteiger partial charge is 0.382 e. The summed E-state index contributed by atoms with van der Waals surface area (Å²) < 4.78 is 0. The lowest BCUT2D eigenvalue weighted by Crippen LogP contribution is -2.31. The van der Waals surface area contributed by atoms with Crippen molar-refractivity contribution in [3.63, 3.8) is 0 Å². The van der Waals surface area contributed by atoms with Crippen LogP contribution < -0.4 is 10.6 Å². The number of anilines is 2. The number of hydrogen-bond donors (Lipinski definition) is 2. The Kier molecular flexibility index (Phi) is 3.55. The Balaban J connectivity index is 2.37. The maximum atomic E-state index is 12.5. The summed E-state index contributed by atoms with van der Waals surface area (Å²) in [5.41, 5.74) is 8.90. The number of amides is 1. The number of nitrogens with two attached hydrogens (primary N) is 1. The molecule has 0 spiro atoms. The number of aromatic amines is 1. The molecule has 3 N–H and O–H groups in total. The van der Waals surface area contributed by atoms with Gasteiger partial charge in [-0.2, -0.15) is 5.10 Å². The summed E-state index contributed by atoms with van der Waals surface area (Å²) in [6, 6.07) is 7.83. The van der Waals surface area contributed by atoms with E-state index in [9.17, 15) is 4.79 Å². The number of nitrogen functional groups attached to an aromatic ring is 1. The van der Waals surface area contributed by atoms with Gasteiger partial charge in [0.25, 0.3) is 5.91 Å². The fourth-order valence-corrected chi connectivity index (χ4v) is 2.02. The molecule has 0 fully saturated rings. The Morgan fingerprint density at radius 1 is 1.32 bits per heavy atom. The molecule has 1 aromatic heterocycles. The fraction of sp³-hybridized carbons (Fsp3) is 0.286. The van der Waals surface area contributed by atoms with Crippen LogP contribution in [0.4, 0.5) is 11.5 Å². The highest BCUT2D eigenvalue weighted by molar-refractivity contribution is 6.09. The Hall–Kier alpha value is -2.30. The summed E-state index contributed by atoms with van der Waals surface area (Å²) in [4.78, 5) is 14.2. The van der Waals surface area contributed by atoms with E-state index in [4.69, 9.17) is 5.73 Å². The summed E-state index contributed by atoms with van der Waals surface area (Å²) >= 11 is 0. The molecule has 0 aliphatic carbocycles. The second-order valence-corrected chi connectivity index (χ2v) is 4.49. The van der Waals surface area contributed by atoms with E-state index in [-0.39, 0.29) is 11.7 Å². The first-order valence-corrected chi connectivity index (χ1v) is 6.23. The van der Waals surface area contributed by atoms with Crippen molar-refractivity contribution in [2.45, 2.75) is 20.8 Å². The molecule has 1 aromatic carbocycles. The molecule has 0 atom stereocenters. The van der Waals surface area contributed by atoms with Gasteiger partial charge in [-0.1, -0.05) is 17.7 Å². The van der Waals surface area contributed by atoms with Crippen molar-refractivity contribution in [1.82, 2.24) is 10.2 Å². The molecular weight excluding hydrogens is 240 g/mol. The smallest absolute Gasteiger partial charge is 0.263 e. The van der Waals surface area contributed by atoms with Gasteiger partial charge in [-0.05, 0) is 32.9 Å². The maximum absolute atomic E-state index is 12.5. The Bertz CT molecular complexity index is 566. The van der Waals surface area contributed by atoms with E-state index >= 15 is 0 Å². The number of aryl methyl sites for hydroxylation is 2. The zero-order valence-corrected chi connectivity index (χ0v) is 11.4. The van der Waals surface area contributed by atoms with E-state index in [2.05, 4.69) is 10.2 Å². The third-order valence-corrected chi connectivity index (χ3v) is 3.10. The van der Waals surface area contributed by atoms with Crippen molar-refractivity contribution in [3.8, 4) is 0 Å². The highest BCUT2D eigenvalue weighted by Gasteiger charge is 2.22. The van der Waals surface area contributed by atoms with E-state index in [1.807, 2.05) is 38.1 Å². The highest BCUT2D eigenvalue weighted by atomic mass is 16.2. The van der Waals surface area contributed by atoms with Crippen molar-refractivity contribution < 1.29 is 4.79 Å². The number of aromatic nitrogens is 2. The summed E-state index contributed by atoms with van der Waals surface area (Å²) in [5.74, 6) is 0.114. The second kappa shape index (κ2) is 5.14. The van der Waals surface area contributed by atoms with Gasteiger partial charge in [0.1, 0.15) is 5.56 Å². The zero-order valence-electron chi connectivity index (χ0n) is 11.4. The highest BCUT2D eigenvalue weighted by Crippen LogP contribution is 2.21. The van der Waals surface area contributed by atoms with Gasteiger partial charge in [0.2, 0.25) is 0 Å². The standard InChI is InChI=1S/C14H18N4O/c1-4-18(11-7-5-9(2)6-8-11)14(19)12-10(3)16-17-13(12)15/h5-8H,4H2,1-3H3,(H3,15,16,17). The van der Waals surface area contributed by atoms with Crippen LogP contribution in [-0.4, -0.2) is 22.6 Å². The molecule has 5 nitrogen and oxygen atoms in total. The van der Waals surface area contributed by atoms with E-state index in [1.54, 1.807) is 11.8 Å². The molecule has 2 rings (SSSR count). The SMILES string of the molecule is CCN(C(=O)c1c(N)n[nH]c1C)c1ccc(C)cc1. The van der Waals surface area contributed by atoms with Crippen LogP contribution in [0.15, 0.2) is 24.3 Å². The molecule has 2 aromatic rings. The predicted octanol–water partition coefficient (Wildman–Crippen LogP) is 2.28. The Morgan fingerprint density at radius 2 is 1.95 bits per heavy atom. The van der Waals surface area contributed by atoms with Crippen LogP contribution in [0, 0.1) is 13.8 Å². The van der Waals surface area contributed by atoms with Gasteiger partial charge in [-0.25, -0.2) is 0 Å². The first-order valence-electron chi connectivity index (χ1n) is 6.23. The third kappa shape index (κ3) is 2.45. The minimum atomic E-state index is -0.130. The van der Waals surface area contributed by atoms with Crippen LogP contribution in [0.5, 0.6) is 0 Å². The molecule has 5 heteroatoms. The zero-order chi connectivity index (χ0) is 14.0. The number of H-pyrrole nitrogens is 1. The molecule has 0 saturated heterocycles. The van der Waals surface area contributed by atoms with Crippen molar-refractivity contribution in [1.29, 1.82) is 0 Å². The van der Waals surface area contributed by atoms with Gasteiger partial charge in [-0.15, -0.1) is 0 Å². The first kappa shape index (κ1) is 13.1. The number of rotatable bonds is 3. The summed E-state index contributed by atoms with van der Waals surface area (Å²) in [6.45, 7) is 6.31. The average Bonchev–Trinajstić information content (AvgIpc) is 2.72. The quantitative estimate of drug-likeness (QED) is 0.886. The number of nitrogens with one attached hydrogen (secondary N) is 1. The Morgan fingerprint density at radius 3 is 2.42 bits per heavy atom. The van der Waals surface area contributed by atoms with E-state index in [0.717, 1.165) is 11.3 Å². The lowest BCUT2D eigenvalue weighted by atomic mass is 10.1. The van der Waals surface area contributed by atoms with E-state index in [0.29, 0.717) is 17.8 Å². The van der Waals surface area contributed by atoms with Crippen molar-refractivity contribution in [3.05, 3.63) is 41.1 Å². The summed E-state index contributed by atoms with van der Waals surface area (Å²) in [7, 11) is 0. The lowest BCUT2D eigenvalue weighted by Gasteiger charge is -2.21. The molecular formula is C14H18N4O. The minimum absolute atomic E-state index is 0.130. The van der Waals surface area contributed by atoms with Crippen LogP contribution in [0.1, 0.15) is 28.5 Å². The predicted molar refractivity (Wildman–Crippen MR) is 76.3 cm³/mol. The van der Waals surface area contributed by atoms with Gasteiger partial charge in [-0.3, -0.25) is 9.89 Å². The fourth-order valence-electron chi connectivity index (χ4n) is 2.02. The lowest BCUT2D eigenvalue weighted by molar-refractivity contribution is 0.0988. The topological polar surface area (TPSA) is 75.0 Å². The van der Waals surface area contributed by atoms with Gasteiger partial charge < -0.3 is 10.6 Å². The molecule has 0 unspecified atom stereocenters. The number of benzene rings is 1. The minimum Gasteiger partial charge on any atom is -0.382 e. The van der Waals surface area contributed by atoms with Gasteiger partial charge >= 0.3 is 0 Å². The van der Waals surface area contributed by atoms with E-state index in [1.165, 1.54) is 0 Å². The van der Waals surface area contributed by atoms with Crippen LogP contribution in [0.2, 0.25) is 0 Å². The van der Waals surface area contributed by atoms with Crippen molar-refractivity contribution in [2.24, 2.45) is 0 Å². The van der Waals surface area contributed by atoms with E-state index < -0.39 is 0 Å². The van der Waals surface area contributed by atoms with Crippen LogP contribution in [-0.2, 0) is 0 Å². The normalized spacial score (nSPS) is 10.5. The molecule has 19 heavy (non-hydrogen) atoms. The van der Waals surface area contributed by atoms with Gasteiger partial charge in [0.15, 0.2) is 5.82 Å². The number of carbonyl (C=O) groups excluding carboxylic acids is 1. The molecule has 1 amide bonds. The summed E-state index contributed by atoms with van der Waals surface area (Å²) in [6.07, 6.45) is 0. The number of nitrogens with zero attached hydrogens (tertiary/aromatic N) is 2. The molecule has 0 aliphatic heterocycles. The molecule has 1 heterocycles. The van der Waals surface area contributed by atoms with Crippen LogP contribution >= 0.6 is 0 Å². The Labute approximate surface area is 112 Å².